The zero-order chi connectivity index (χ0) is 12.7. The number of aromatic nitrogens is 2. The van der Waals surface area contributed by atoms with Crippen LogP contribution in [0.2, 0.25) is 0 Å². The van der Waals surface area contributed by atoms with E-state index >= 15 is 0 Å². The van der Waals surface area contributed by atoms with Crippen LogP contribution in [0.4, 0.5) is 0 Å². The first kappa shape index (κ1) is 11.7. The lowest BCUT2D eigenvalue weighted by atomic mass is 9.97. The number of rotatable bonds is 1. The first-order chi connectivity index (χ1) is 8.68. The van der Waals surface area contributed by atoms with Gasteiger partial charge in [-0.05, 0) is 57.0 Å². The topological polar surface area (TPSA) is 29.9 Å². The van der Waals surface area contributed by atoms with Gasteiger partial charge in [0, 0.05) is 13.0 Å². The van der Waals surface area contributed by atoms with Crippen molar-refractivity contribution in [1.82, 2.24) is 14.9 Å². The number of hydrogen-bond donors (Lipinski definition) is 1. The molecular formula is C15H21N3. The zero-order valence-corrected chi connectivity index (χ0v) is 11.5. The minimum atomic E-state index is 0.614. The Hall–Kier alpha value is -1.35. The van der Waals surface area contributed by atoms with Crippen LogP contribution in [0, 0.1) is 13.8 Å². The summed E-state index contributed by atoms with van der Waals surface area (Å²) in [5.74, 6) is 1.88. The second kappa shape index (κ2) is 4.39. The summed E-state index contributed by atoms with van der Waals surface area (Å²) in [5.41, 5.74) is 5.17. The van der Waals surface area contributed by atoms with Gasteiger partial charge in [-0.2, -0.15) is 0 Å². The van der Waals surface area contributed by atoms with Crippen molar-refractivity contribution < 1.29 is 0 Å². The highest BCUT2D eigenvalue weighted by Gasteiger charge is 2.21. The molecule has 3 heteroatoms. The van der Waals surface area contributed by atoms with Crippen molar-refractivity contribution in [3.05, 3.63) is 29.1 Å². The normalized spacial score (nSPS) is 17.5. The van der Waals surface area contributed by atoms with Gasteiger partial charge in [0.25, 0.3) is 0 Å². The molecule has 0 atom stereocenters. The van der Waals surface area contributed by atoms with Gasteiger partial charge in [-0.15, -0.1) is 0 Å². The molecule has 0 unspecified atom stereocenters. The first-order valence-electron chi connectivity index (χ1n) is 6.81. The molecule has 0 bridgehead atoms. The van der Waals surface area contributed by atoms with Crippen molar-refractivity contribution in [3.63, 3.8) is 0 Å². The van der Waals surface area contributed by atoms with Crippen LogP contribution < -0.4 is 5.32 Å². The molecule has 0 spiro atoms. The Kier molecular flexibility index (Phi) is 2.86. The SMILES string of the molecule is Cc1ccc2nc(C3CCNCC3)n(C)c2c1C. The molecule has 1 saturated heterocycles. The Balaban J connectivity index is 2.13. The fraction of sp³-hybridized carbons (Fsp3) is 0.533. The van der Waals surface area contributed by atoms with E-state index in [1.807, 2.05) is 0 Å². The number of benzene rings is 1. The van der Waals surface area contributed by atoms with Crippen molar-refractivity contribution in [3.8, 4) is 0 Å². The van der Waals surface area contributed by atoms with Crippen molar-refractivity contribution in [2.75, 3.05) is 13.1 Å². The van der Waals surface area contributed by atoms with E-state index < -0.39 is 0 Å². The van der Waals surface area contributed by atoms with Crippen LogP contribution in [-0.4, -0.2) is 22.6 Å². The smallest absolute Gasteiger partial charge is 0.112 e. The van der Waals surface area contributed by atoms with Crippen molar-refractivity contribution >= 4 is 11.0 Å². The molecule has 0 aliphatic carbocycles. The van der Waals surface area contributed by atoms with Gasteiger partial charge in [0.2, 0.25) is 0 Å². The molecule has 1 aliphatic rings. The Bertz CT molecular complexity index is 577. The van der Waals surface area contributed by atoms with Crippen LogP contribution in [0.25, 0.3) is 11.0 Å². The molecule has 2 aromatic rings. The van der Waals surface area contributed by atoms with E-state index in [-0.39, 0.29) is 0 Å². The largest absolute Gasteiger partial charge is 0.331 e. The number of aryl methyl sites for hydroxylation is 3. The predicted molar refractivity (Wildman–Crippen MR) is 75.0 cm³/mol. The number of piperidine rings is 1. The van der Waals surface area contributed by atoms with Gasteiger partial charge >= 0.3 is 0 Å². The van der Waals surface area contributed by atoms with Crippen LogP contribution >= 0.6 is 0 Å². The Morgan fingerprint density at radius 2 is 1.94 bits per heavy atom. The molecule has 1 aliphatic heterocycles. The number of nitrogens with zero attached hydrogens (tertiary/aromatic N) is 2. The summed E-state index contributed by atoms with van der Waals surface area (Å²) in [4.78, 5) is 4.87. The van der Waals surface area contributed by atoms with Crippen LogP contribution in [-0.2, 0) is 7.05 Å². The lowest BCUT2D eigenvalue weighted by Gasteiger charge is -2.22. The number of hydrogen-bond acceptors (Lipinski definition) is 2. The molecule has 0 saturated carbocycles. The molecule has 1 aromatic heterocycles. The Morgan fingerprint density at radius 3 is 2.67 bits per heavy atom. The molecule has 1 aromatic carbocycles. The fourth-order valence-corrected chi connectivity index (χ4v) is 3.06. The summed E-state index contributed by atoms with van der Waals surface area (Å²) in [6, 6.07) is 4.33. The summed E-state index contributed by atoms with van der Waals surface area (Å²) in [7, 11) is 2.17. The highest BCUT2D eigenvalue weighted by molar-refractivity contribution is 5.80. The van der Waals surface area contributed by atoms with Gasteiger partial charge in [-0.25, -0.2) is 4.98 Å². The summed E-state index contributed by atoms with van der Waals surface area (Å²) in [6.07, 6.45) is 2.41. The third-order valence-corrected chi connectivity index (χ3v) is 4.30. The first-order valence-corrected chi connectivity index (χ1v) is 6.81. The molecule has 1 N–H and O–H groups in total. The summed E-state index contributed by atoms with van der Waals surface area (Å²) >= 11 is 0. The van der Waals surface area contributed by atoms with E-state index in [0.717, 1.165) is 18.6 Å². The number of nitrogens with one attached hydrogen (secondary N) is 1. The van der Waals surface area contributed by atoms with Gasteiger partial charge in [0.05, 0.1) is 11.0 Å². The maximum Gasteiger partial charge on any atom is 0.112 e. The van der Waals surface area contributed by atoms with Gasteiger partial charge in [0.15, 0.2) is 0 Å². The molecule has 1 fully saturated rings. The second-order valence-corrected chi connectivity index (χ2v) is 5.43. The van der Waals surface area contributed by atoms with Gasteiger partial charge < -0.3 is 9.88 Å². The van der Waals surface area contributed by atoms with E-state index in [0.29, 0.717) is 5.92 Å². The monoisotopic (exact) mass is 243 g/mol. The van der Waals surface area contributed by atoms with Crippen molar-refractivity contribution in [1.29, 1.82) is 0 Å². The maximum atomic E-state index is 4.87. The maximum absolute atomic E-state index is 4.87. The molecule has 18 heavy (non-hydrogen) atoms. The molecular weight excluding hydrogens is 222 g/mol. The predicted octanol–water partition coefficient (Wildman–Crippen LogP) is 2.66. The Labute approximate surface area is 108 Å². The lowest BCUT2D eigenvalue weighted by molar-refractivity contribution is 0.438. The van der Waals surface area contributed by atoms with E-state index in [4.69, 9.17) is 4.98 Å². The number of fused-ring (bicyclic) bond motifs is 1. The molecule has 3 rings (SSSR count). The third kappa shape index (κ3) is 1.74. The molecule has 0 radical (unpaired) electrons. The standard InChI is InChI=1S/C15H21N3/c1-10-4-5-13-14(11(10)2)18(3)15(17-13)12-6-8-16-9-7-12/h4-5,12,16H,6-9H2,1-3H3. The van der Waals surface area contributed by atoms with Gasteiger partial charge in [-0.1, -0.05) is 6.07 Å². The number of imidazole rings is 1. The summed E-state index contributed by atoms with van der Waals surface area (Å²) in [5, 5.41) is 3.42. The van der Waals surface area contributed by atoms with E-state index in [9.17, 15) is 0 Å². The zero-order valence-electron chi connectivity index (χ0n) is 11.5. The molecule has 2 heterocycles. The summed E-state index contributed by atoms with van der Waals surface area (Å²) in [6.45, 7) is 6.61. The Morgan fingerprint density at radius 1 is 1.22 bits per heavy atom. The average Bonchev–Trinajstić information content (AvgIpc) is 2.73. The van der Waals surface area contributed by atoms with Crippen LogP contribution in [0.5, 0.6) is 0 Å². The van der Waals surface area contributed by atoms with Gasteiger partial charge in [-0.3, -0.25) is 0 Å². The van der Waals surface area contributed by atoms with Gasteiger partial charge in [0.1, 0.15) is 5.82 Å². The highest BCUT2D eigenvalue weighted by atomic mass is 15.1. The quantitative estimate of drug-likeness (QED) is 0.834. The van der Waals surface area contributed by atoms with E-state index in [1.165, 1.54) is 35.3 Å². The second-order valence-electron chi connectivity index (χ2n) is 5.43. The minimum absolute atomic E-state index is 0.614. The van der Waals surface area contributed by atoms with Crippen molar-refractivity contribution in [2.24, 2.45) is 7.05 Å². The summed E-state index contributed by atoms with van der Waals surface area (Å²) < 4.78 is 2.31. The molecule has 3 nitrogen and oxygen atoms in total. The minimum Gasteiger partial charge on any atom is -0.331 e. The van der Waals surface area contributed by atoms with E-state index in [2.05, 4.69) is 42.9 Å². The van der Waals surface area contributed by atoms with Crippen LogP contribution in [0.1, 0.15) is 35.7 Å². The van der Waals surface area contributed by atoms with E-state index in [1.54, 1.807) is 0 Å². The van der Waals surface area contributed by atoms with Crippen LogP contribution in [0.15, 0.2) is 12.1 Å². The van der Waals surface area contributed by atoms with Crippen molar-refractivity contribution in [2.45, 2.75) is 32.6 Å². The molecule has 96 valence electrons. The molecule has 0 amide bonds. The van der Waals surface area contributed by atoms with Crippen LogP contribution in [0.3, 0.4) is 0 Å². The average molecular weight is 243 g/mol. The third-order valence-electron chi connectivity index (χ3n) is 4.30. The fourth-order valence-electron chi connectivity index (χ4n) is 3.06. The lowest BCUT2D eigenvalue weighted by Crippen LogP contribution is -2.27. The highest BCUT2D eigenvalue weighted by Crippen LogP contribution is 2.29.